The normalized spacial score (nSPS) is 42.4. The van der Waals surface area contributed by atoms with Crippen LogP contribution in [0.4, 0.5) is 0 Å². The molecule has 0 bridgehead atoms. The molecule has 0 amide bonds. The molecule has 0 spiro atoms. The number of hydrogen-bond donors (Lipinski definition) is 13. The number of ether oxygens (including phenoxy) is 4. The van der Waals surface area contributed by atoms with Crippen LogP contribution in [-0.4, -0.2) is 164 Å². The number of aliphatic imine (C=N–C) groups is 1. The Labute approximate surface area is 255 Å². The van der Waals surface area contributed by atoms with Gasteiger partial charge in [-0.3, -0.25) is 10.4 Å². The van der Waals surface area contributed by atoms with Crippen LogP contribution in [0, 0.1) is 11.3 Å². The molecule has 0 aromatic heterocycles. The van der Waals surface area contributed by atoms with E-state index in [4.69, 9.17) is 51.8 Å². The maximum absolute atomic E-state index is 11.6. The summed E-state index contributed by atoms with van der Waals surface area (Å²) >= 11 is 0. The highest BCUT2D eigenvalue weighted by atomic mass is 16.7. The van der Waals surface area contributed by atoms with E-state index in [1.807, 2.05) is 0 Å². The molecule has 18 nitrogen and oxygen atoms in total. The number of rotatable bonds is 12. The Kier molecular flexibility index (Phi) is 13.2. The smallest absolute Gasteiger partial charge is 0.184 e. The molecule has 3 rings (SSSR count). The Bertz CT molecular complexity index is 964. The summed E-state index contributed by atoms with van der Waals surface area (Å²) in [6.45, 7) is 1.79. The molecule has 9 unspecified atom stereocenters. The lowest BCUT2D eigenvalue weighted by Crippen LogP contribution is -2.68. The molecule has 16 N–H and O–H groups in total. The van der Waals surface area contributed by atoms with Crippen molar-refractivity contribution in [2.24, 2.45) is 28.1 Å². The first-order chi connectivity index (χ1) is 20.6. The van der Waals surface area contributed by atoms with Crippen LogP contribution in [0.25, 0.3) is 0 Å². The third-order valence-electron chi connectivity index (χ3n) is 8.61. The minimum atomic E-state index is -1.94. The Morgan fingerprint density at radius 1 is 1.07 bits per heavy atom. The van der Waals surface area contributed by atoms with E-state index in [2.05, 4.69) is 10.3 Å². The molecule has 2 saturated heterocycles. The lowest BCUT2D eigenvalue weighted by atomic mass is 9.82. The van der Waals surface area contributed by atoms with Gasteiger partial charge >= 0.3 is 0 Å². The van der Waals surface area contributed by atoms with Crippen molar-refractivity contribution in [3.05, 3.63) is 0 Å². The van der Waals surface area contributed by atoms with Gasteiger partial charge in [-0.2, -0.15) is 0 Å². The second-order valence-corrected chi connectivity index (χ2v) is 12.1. The van der Waals surface area contributed by atoms with Crippen molar-refractivity contribution in [3.8, 4) is 0 Å². The van der Waals surface area contributed by atoms with Crippen molar-refractivity contribution < 1.29 is 59.8 Å². The number of nitrogens with one attached hydrogen (secondary N) is 2. The van der Waals surface area contributed by atoms with Crippen molar-refractivity contribution in [3.63, 3.8) is 0 Å². The minimum absolute atomic E-state index is 0.0288. The van der Waals surface area contributed by atoms with Gasteiger partial charge in [-0.05, 0) is 26.2 Å². The van der Waals surface area contributed by atoms with Gasteiger partial charge in [-0.1, -0.05) is 6.92 Å². The van der Waals surface area contributed by atoms with Gasteiger partial charge in [0.25, 0.3) is 0 Å². The Balaban J connectivity index is 1.81. The van der Waals surface area contributed by atoms with Gasteiger partial charge in [0.15, 0.2) is 12.6 Å². The van der Waals surface area contributed by atoms with Gasteiger partial charge in [-0.25, -0.2) is 0 Å². The fourth-order valence-electron chi connectivity index (χ4n) is 5.44. The molecule has 0 radical (unpaired) electrons. The van der Waals surface area contributed by atoms with Gasteiger partial charge in [0.05, 0.1) is 43.5 Å². The standard InChI is InChI=1S/C26H50N6O12/c1-10-17(36)25(41-9-26(10,2)40)44-22-14(32-23(30)19(38)18(37)15(35)7-33)5-13(28)21(20(22)39)43-24-12(27)4-3-11(42-24)6-31-16(29)8-34/h10-15,17-22,24-25,33-40H,3-9,27-28H2,1-2H3,(H2,29,31)(H2,30,32)/t10-,11+,12?,13+,14-,15?,17?,18?,19?,20?,21?,22?,24-,25-,26?/m1/s1. The molecule has 1 aliphatic carbocycles. The molecule has 2 aliphatic heterocycles. The summed E-state index contributed by atoms with van der Waals surface area (Å²) in [6, 6.07) is -2.51. The largest absolute Gasteiger partial charge is 0.394 e. The maximum Gasteiger partial charge on any atom is 0.184 e. The molecule has 3 fully saturated rings. The molecule has 0 aromatic carbocycles. The molecule has 0 aromatic rings. The number of aliphatic hydroxyl groups is 8. The molecule has 3 aliphatic rings. The van der Waals surface area contributed by atoms with Crippen LogP contribution in [0.3, 0.4) is 0 Å². The lowest BCUT2D eigenvalue weighted by Gasteiger charge is -2.49. The first-order valence-corrected chi connectivity index (χ1v) is 14.7. The zero-order valence-corrected chi connectivity index (χ0v) is 24.9. The van der Waals surface area contributed by atoms with E-state index in [1.165, 1.54) is 6.92 Å². The molecular formula is C26H50N6O12. The SMILES string of the molecule is C[C@@H]1C(O)[C@@H](OC2C(O)C(O[C@H]3O[C@H](CN=C(N)CO)CCC3N)[C@@H](N)C[C@H]2NC(=N)C(O)C(O)C(O)CO)OCC1(C)O. The summed E-state index contributed by atoms with van der Waals surface area (Å²) in [5, 5.41) is 92.3. The van der Waals surface area contributed by atoms with Crippen LogP contribution >= 0.6 is 0 Å². The van der Waals surface area contributed by atoms with E-state index in [-0.39, 0.29) is 25.4 Å². The van der Waals surface area contributed by atoms with Crippen LogP contribution in [0.2, 0.25) is 0 Å². The zero-order valence-electron chi connectivity index (χ0n) is 24.9. The number of nitrogens with two attached hydrogens (primary N) is 3. The first kappa shape index (κ1) is 36.8. The molecule has 2 heterocycles. The molecule has 15 atom stereocenters. The van der Waals surface area contributed by atoms with E-state index >= 15 is 0 Å². The predicted molar refractivity (Wildman–Crippen MR) is 153 cm³/mol. The summed E-state index contributed by atoms with van der Waals surface area (Å²) in [5.41, 5.74) is 16.9. The van der Waals surface area contributed by atoms with E-state index in [9.17, 15) is 30.6 Å². The van der Waals surface area contributed by atoms with Gasteiger partial charge < -0.3 is 82.3 Å². The second kappa shape index (κ2) is 15.8. The summed E-state index contributed by atoms with van der Waals surface area (Å²) in [5.74, 6) is -1.31. The lowest BCUT2D eigenvalue weighted by molar-refractivity contribution is -0.313. The third-order valence-corrected chi connectivity index (χ3v) is 8.61. The Hall–Kier alpha value is -1.62. The van der Waals surface area contributed by atoms with Gasteiger partial charge in [0.2, 0.25) is 0 Å². The van der Waals surface area contributed by atoms with Gasteiger partial charge in [-0.15, -0.1) is 0 Å². The highest BCUT2D eigenvalue weighted by molar-refractivity contribution is 5.84. The molecule has 18 heteroatoms. The summed E-state index contributed by atoms with van der Waals surface area (Å²) in [4.78, 5) is 4.06. The average molecular weight is 639 g/mol. The number of aliphatic hydroxyl groups excluding tert-OH is 7. The van der Waals surface area contributed by atoms with Crippen molar-refractivity contribution in [2.45, 2.75) is 118 Å². The number of hydrogen-bond acceptors (Lipinski definition) is 16. The van der Waals surface area contributed by atoms with Crippen LogP contribution in [-0.2, 0) is 18.9 Å². The maximum atomic E-state index is 11.6. The van der Waals surface area contributed by atoms with Crippen LogP contribution < -0.4 is 22.5 Å². The van der Waals surface area contributed by atoms with E-state index < -0.39 is 110 Å². The quantitative estimate of drug-likeness (QED) is 0.0699. The topological polar surface area (TPSA) is 325 Å². The van der Waals surface area contributed by atoms with Crippen LogP contribution in [0.5, 0.6) is 0 Å². The predicted octanol–water partition coefficient (Wildman–Crippen LogP) is -5.85. The Morgan fingerprint density at radius 3 is 2.36 bits per heavy atom. The van der Waals surface area contributed by atoms with Gasteiger partial charge in [0, 0.05) is 12.0 Å². The van der Waals surface area contributed by atoms with E-state index in [0.717, 1.165) is 0 Å². The Morgan fingerprint density at radius 2 is 1.73 bits per heavy atom. The number of amidine groups is 2. The van der Waals surface area contributed by atoms with Crippen molar-refractivity contribution in [1.29, 1.82) is 5.41 Å². The summed E-state index contributed by atoms with van der Waals surface area (Å²) < 4.78 is 23.7. The zero-order chi connectivity index (χ0) is 32.9. The van der Waals surface area contributed by atoms with Crippen molar-refractivity contribution in [2.75, 3.05) is 26.4 Å². The monoisotopic (exact) mass is 638 g/mol. The fraction of sp³-hybridized carbons (Fsp3) is 0.923. The highest BCUT2D eigenvalue weighted by Gasteiger charge is 2.51. The second-order valence-electron chi connectivity index (χ2n) is 12.1. The van der Waals surface area contributed by atoms with Gasteiger partial charge in [0.1, 0.15) is 61.0 Å². The van der Waals surface area contributed by atoms with E-state index in [0.29, 0.717) is 12.8 Å². The summed E-state index contributed by atoms with van der Waals surface area (Å²) in [7, 11) is 0. The minimum Gasteiger partial charge on any atom is -0.394 e. The third kappa shape index (κ3) is 8.80. The van der Waals surface area contributed by atoms with Crippen LogP contribution in [0.1, 0.15) is 33.1 Å². The molecule has 44 heavy (non-hydrogen) atoms. The van der Waals surface area contributed by atoms with Crippen molar-refractivity contribution >= 4 is 11.7 Å². The average Bonchev–Trinajstić information content (AvgIpc) is 2.99. The highest BCUT2D eigenvalue weighted by Crippen LogP contribution is 2.34. The first-order valence-electron chi connectivity index (χ1n) is 14.7. The van der Waals surface area contributed by atoms with Crippen LogP contribution in [0.15, 0.2) is 4.99 Å². The number of nitrogens with zero attached hydrogens (tertiary/aromatic N) is 1. The molecular weight excluding hydrogens is 588 g/mol. The summed E-state index contributed by atoms with van der Waals surface area (Å²) in [6.07, 6.45) is -12.7. The van der Waals surface area contributed by atoms with E-state index in [1.54, 1.807) is 6.92 Å². The molecule has 1 saturated carbocycles. The van der Waals surface area contributed by atoms with Crippen molar-refractivity contribution in [1.82, 2.24) is 5.32 Å². The fourth-order valence-corrected chi connectivity index (χ4v) is 5.44. The molecule has 256 valence electrons.